The Morgan fingerprint density at radius 3 is 2.85 bits per heavy atom. The zero-order valence-corrected chi connectivity index (χ0v) is 9.12. The molecule has 0 aliphatic heterocycles. The van der Waals surface area contributed by atoms with Gasteiger partial charge in [-0.05, 0) is 22.4 Å². The first-order valence-electron chi connectivity index (χ1n) is 4.17. The van der Waals surface area contributed by atoms with E-state index in [0.717, 1.165) is 13.0 Å². The van der Waals surface area contributed by atoms with E-state index in [9.17, 15) is 0 Å². The van der Waals surface area contributed by atoms with Gasteiger partial charge in [0.2, 0.25) is 5.95 Å². The lowest BCUT2D eigenvalue weighted by atomic mass is 10.5. The summed E-state index contributed by atoms with van der Waals surface area (Å²) in [6, 6.07) is 0. The molecule has 1 heterocycles. The molecule has 2 N–H and O–H groups in total. The summed E-state index contributed by atoms with van der Waals surface area (Å²) in [7, 11) is 0. The second kappa shape index (κ2) is 5.18. The highest BCUT2D eigenvalue weighted by Crippen LogP contribution is 2.07. The normalized spacial score (nSPS) is 10.6. The van der Waals surface area contributed by atoms with Crippen molar-refractivity contribution in [1.82, 2.24) is 14.8 Å². The Morgan fingerprint density at radius 2 is 2.31 bits per heavy atom. The molecule has 0 radical (unpaired) electrons. The number of halogens is 1. The van der Waals surface area contributed by atoms with Gasteiger partial charge in [-0.25, -0.2) is 4.68 Å². The Morgan fingerprint density at radius 1 is 1.54 bits per heavy atom. The molecule has 0 aliphatic rings. The molecule has 0 fully saturated rings. The van der Waals surface area contributed by atoms with Crippen LogP contribution in [-0.2, 0) is 11.3 Å². The van der Waals surface area contributed by atoms with Crippen molar-refractivity contribution in [3.8, 4) is 0 Å². The monoisotopic (exact) mass is 248 g/mol. The minimum atomic E-state index is 0.280. The Hall–Kier alpha value is -0.620. The van der Waals surface area contributed by atoms with E-state index in [1.807, 2.05) is 0 Å². The van der Waals surface area contributed by atoms with Gasteiger partial charge in [-0.2, -0.15) is 4.98 Å². The van der Waals surface area contributed by atoms with Crippen molar-refractivity contribution >= 4 is 21.9 Å². The molecular formula is C7H13BrN4O. The fourth-order valence-corrected chi connectivity index (χ4v) is 1.32. The second-order valence-corrected chi connectivity index (χ2v) is 3.28. The van der Waals surface area contributed by atoms with Gasteiger partial charge in [0.1, 0.15) is 0 Å². The highest BCUT2D eigenvalue weighted by molar-refractivity contribution is 9.10. The summed E-state index contributed by atoms with van der Waals surface area (Å²) in [6.07, 6.45) is 1.03. The molecule has 0 aliphatic carbocycles. The highest BCUT2D eigenvalue weighted by atomic mass is 79.9. The highest BCUT2D eigenvalue weighted by Gasteiger charge is 2.02. The predicted octanol–water partition coefficient (Wildman–Crippen LogP) is 1.05. The van der Waals surface area contributed by atoms with Crippen LogP contribution >= 0.6 is 15.9 Å². The molecular weight excluding hydrogens is 236 g/mol. The summed E-state index contributed by atoms with van der Waals surface area (Å²) >= 11 is 3.24. The van der Waals surface area contributed by atoms with Gasteiger partial charge in [0.15, 0.2) is 4.73 Å². The summed E-state index contributed by atoms with van der Waals surface area (Å²) < 4.78 is 7.62. The standard InChI is InChI=1S/C7H13BrN4O/c1-2-4-13-5-3-12-6(8)10-7(9)11-12/h2-5H2,1H3,(H2,9,11). The number of nitrogen functional groups attached to an aromatic ring is 1. The minimum Gasteiger partial charge on any atom is -0.380 e. The van der Waals surface area contributed by atoms with Crippen LogP contribution < -0.4 is 5.73 Å². The first-order valence-corrected chi connectivity index (χ1v) is 4.97. The molecule has 1 aromatic rings. The van der Waals surface area contributed by atoms with E-state index < -0.39 is 0 Å². The van der Waals surface area contributed by atoms with Gasteiger partial charge >= 0.3 is 0 Å². The fourth-order valence-electron chi connectivity index (χ4n) is 0.879. The lowest BCUT2D eigenvalue weighted by Gasteiger charge is -2.02. The van der Waals surface area contributed by atoms with Crippen LogP contribution in [0, 0.1) is 0 Å². The van der Waals surface area contributed by atoms with Gasteiger partial charge in [-0.3, -0.25) is 0 Å². The van der Waals surface area contributed by atoms with E-state index in [4.69, 9.17) is 10.5 Å². The molecule has 74 valence electrons. The van der Waals surface area contributed by atoms with Crippen molar-refractivity contribution in [3.05, 3.63) is 4.73 Å². The molecule has 0 spiro atoms. The largest absolute Gasteiger partial charge is 0.380 e. The Bertz CT molecular complexity index is 263. The summed E-state index contributed by atoms with van der Waals surface area (Å²) in [4.78, 5) is 3.90. The Labute approximate surface area is 85.4 Å². The molecule has 6 heteroatoms. The van der Waals surface area contributed by atoms with E-state index in [1.54, 1.807) is 4.68 Å². The van der Waals surface area contributed by atoms with Crippen LogP contribution in [0.3, 0.4) is 0 Å². The molecule has 13 heavy (non-hydrogen) atoms. The van der Waals surface area contributed by atoms with Crippen molar-refractivity contribution in [2.24, 2.45) is 0 Å². The first kappa shape index (κ1) is 10.5. The third-order valence-corrected chi connectivity index (χ3v) is 2.03. The minimum absolute atomic E-state index is 0.280. The maximum Gasteiger partial charge on any atom is 0.240 e. The van der Waals surface area contributed by atoms with Crippen molar-refractivity contribution in [2.75, 3.05) is 18.9 Å². The number of hydrogen-bond donors (Lipinski definition) is 1. The first-order chi connectivity index (χ1) is 6.24. The van der Waals surface area contributed by atoms with E-state index in [-0.39, 0.29) is 5.95 Å². The van der Waals surface area contributed by atoms with Crippen molar-refractivity contribution in [3.63, 3.8) is 0 Å². The zero-order valence-electron chi connectivity index (χ0n) is 7.53. The summed E-state index contributed by atoms with van der Waals surface area (Å²) in [5.74, 6) is 0.280. The number of nitrogens with two attached hydrogens (primary N) is 1. The third-order valence-electron chi connectivity index (χ3n) is 1.44. The molecule has 0 aromatic carbocycles. The number of ether oxygens (including phenoxy) is 1. The summed E-state index contributed by atoms with van der Waals surface area (Å²) in [6.45, 7) is 4.16. The van der Waals surface area contributed by atoms with E-state index in [2.05, 4.69) is 32.9 Å². The van der Waals surface area contributed by atoms with Crippen LogP contribution in [0.25, 0.3) is 0 Å². The van der Waals surface area contributed by atoms with Crippen LogP contribution in [0.2, 0.25) is 0 Å². The number of nitrogens with zero attached hydrogens (tertiary/aromatic N) is 3. The third kappa shape index (κ3) is 3.31. The number of rotatable bonds is 5. The van der Waals surface area contributed by atoms with Gasteiger partial charge in [0.25, 0.3) is 0 Å². The Balaban J connectivity index is 2.32. The maximum absolute atomic E-state index is 5.40. The smallest absolute Gasteiger partial charge is 0.240 e. The fraction of sp³-hybridized carbons (Fsp3) is 0.714. The van der Waals surface area contributed by atoms with Crippen LogP contribution in [0.4, 0.5) is 5.95 Å². The molecule has 0 amide bonds. The molecule has 0 unspecified atom stereocenters. The van der Waals surface area contributed by atoms with Crippen LogP contribution in [0.1, 0.15) is 13.3 Å². The molecule has 1 aromatic heterocycles. The molecule has 1 rings (SSSR count). The maximum atomic E-state index is 5.40. The van der Waals surface area contributed by atoms with Crippen LogP contribution in [-0.4, -0.2) is 28.0 Å². The van der Waals surface area contributed by atoms with Gasteiger partial charge in [-0.1, -0.05) is 6.92 Å². The molecule has 0 atom stereocenters. The zero-order chi connectivity index (χ0) is 9.68. The summed E-state index contributed by atoms with van der Waals surface area (Å²) in [5.41, 5.74) is 5.40. The van der Waals surface area contributed by atoms with E-state index >= 15 is 0 Å². The lowest BCUT2D eigenvalue weighted by molar-refractivity contribution is 0.124. The van der Waals surface area contributed by atoms with Gasteiger partial charge in [-0.15, -0.1) is 5.10 Å². The van der Waals surface area contributed by atoms with E-state index in [0.29, 0.717) is 17.9 Å². The number of hydrogen-bond acceptors (Lipinski definition) is 4. The van der Waals surface area contributed by atoms with E-state index in [1.165, 1.54) is 0 Å². The molecule has 0 bridgehead atoms. The van der Waals surface area contributed by atoms with Crippen molar-refractivity contribution < 1.29 is 4.74 Å². The Kier molecular flexibility index (Phi) is 4.17. The van der Waals surface area contributed by atoms with Crippen LogP contribution in [0.15, 0.2) is 4.73 Å². The van der Waals surface area contributed by atoms with Gasteiger partial charge in [0.05, 0.1) is 13.2 Å². The topological polar surface area (TPSA) is 66.0 Å². The van der Waals surface area contributed by atoms with Crippen molar-refractivity contribution in [2.45, 2.75) is 19.9 Å². The van der Waals surface area contributed by atoms with Gasteiger partial charge < -0.3 is 10.5 Å². The molecule has 5 nitrogen and oxygen atoms in total. The van der Waals surface area contributed by atoms with Crippen molar-refractivity contribution in [1.29, 1.82) is 0 Å². The molecule has 0 saturated carbocycles. The average Bonchev–Trinajstić information content (AvgIpc) is 2.39. The lowest BCUT2D eigenvalue weighted by Crippen LogP contribution is -2.08. The SMILES string of the molecule is CCCOCCn1nc(N)nc1Br. The summed E-state index contributed by atoms with van der Waals surface area (Å²) in [5, 5.41) is 3.96. The predicted molar refractivity (Wildman–Crippen MR) is 53.2 cm³/mol. The van der Waals surface area contributed by atoms with Crippen LogP contribution in [0.5, 0.6) is 0 Å². The quantitative estimate of drug-likeness (QED) is 0.792. The second-order valence-electron chi connectivity index (χ2n) is 2.57. The number of anilines is 1. The number of aromatic nitrogens is 3. The average molecular weight is 249 g/mol. The molecule has 0 saturated heterocycles. The van der Waals surface area contributed by atoms with Gasteiger partial charge in [0, 0.05) is 6.61 Å².